The number of anilines is 2. The fourth-order valence-electron chi connectivity index (χ4n) is 8.21. The van der Waals surface area contributed by atoms with Crippen LogP contribution in [0.15, 0.2) is 60.7 Å². The van der Waals surface area contributed by atoms with Crippen LogP contribution in [-0.4, -0.2) is 86.7 Å². The minimum Gasteiger partial charge on any atom is -0.496 e. The molecule has 2 saturated carbocycles. The number of nitrogens with one attached hydrogen (secondary N) is 1. The zero-order chi connectivity index (χ0) is 46.4. The number of benzene rings is 2. The lowest BCUT2D eigenvalue weighted by atomic mass is 10.0. The lowest BCUT2D eigenvalue weighted by Crippen LogP contribution is -2.38. The van der Waals surface area contributed by atoms with Gasteiger partial charge in [-0.3, -0.25) is 4.90 Å². The summed E-state index contributed by atoms with van der Waals surface area (Å²) in [6, 6.07) is 20.1. The second kappa shape index (κ2) is 20.5. The van der Waals surface area contributed by atoms with Crippen LogP contribution in [-0.2, 0) is 40.3 Å². The highest BCUT2D eigenvalue weighted by atomic mass is 16.6. The van der Waals surface area contributed by atoms with Gasteiger partial charge in [0.2, 0.25) is 0 Å². The predicted molar refractivity (Wildman–Crippen MR) is 255 cm³/mol. The highest BCUT2D eigenvalue weighted by Crippen LogP contribution is 2.44. The molecule has 0 radical (unpaired) electrons. The number of carbonyl (C=O) groups excluding carboxylic acids is 1. The van der Waals surface area contributed by atoms with Gasteiger partial charge in [-0.15, -0.1) is 0 Å². The summed E-state index contributed by atoms with van der Waals surface area (Å²) in [6.07, 6.45) is 6.07. The number of hydrogen-bond donors (Lipinski definition) is 1. The van der Waals surface area contributed by atoms with Gasteiger partial charge in [0.25, 0.3) is 0 Å². The molecule has 2 aliphatic rings. The summed E-state index contributed by atoms with van der Waals surface area (Å²) in [5, 5.41) is 13.6. The summed E-state index contributed by atoms with van der Waals surface area (Å²) in [5.74, 6) is 4.08. The second-order valence-electron chi connectivity index (χ2n) is 17.7. The predicted octanol–water partition coefficient (Wildman–Crippen LogP) is 10.4. The van der Waals surface area contributed by atoms with Crippen molar-refractivity contribution in [1.82, 2.24) is 19.2 Å². The summed E-state index contributed by atoms with van der Waals surface area (Å²) in [7, 11) is 9.97. The molecule has 0 unspecified atom stereocenters. The number of methoxy groups -OCH3 is 6. The average molecular weight is 891 g/mol. The molecule has 4 heterocycles. The molecule has 348 valence electrons. The van der Waals surface area contributed by atoms with Crippen LogP contribution in [0.3, 0.4) is 0 Å². The number of fused-ring (bicyclic) bond motifs is 2. The molecule has 1 amide bonds. The monoisotopic (exact) mass is 890 g/mol. The Bertz CT molecular complexity index is 2550. The summed E-state index contributed by atoms with van der Waals surface area (Å²) in [4.78, 5) is 15.2. The van der Waals surface area contributed by atoms with Crippen molar-refractivity contribution in [3.8, 4) is 45.5 Å². The molecular formula is C51H66N6O8. The zero-order valence-corrected chi connectivity index (χ0v) is 40.0. The van der Waals surface area contributed by atoms with E-state index in [-0.39, 0.29) is 6.09 Å². The van der Waals surface area contributed by atoms with Gasteiger partial charge in [-0.05, 0) is 131 Å². The fourth-order valence-corrected chi connectivity index (χ4v) is 8.21. The Kier molecular flexibility index (Phi) is 14.8. The number of ether oxygens (including phenoxy) is 7. The summed E-state index contributed by atoms with van der Waals surface area (Å²) in [5.41, 5.74) is 10.5. The first-order valence-electron chi connectivity index (χ1n) is 22.6. The van der Waals surface area contributed by atoms with E-state index >= 15 is 0 Å². The average Bonchev–Trinajstić information content (AvgIpc) is 4.24. The zero-order valence-electron chi connectivity index (χ0n) is 40.0. The number of aryl methyl sites for hydroxylation is 2. The van der Waals surface area contributed by atoms with Crippen LogP contribution in [0, 0.1) is 11.8 Å². The Morgan fingerprint density at radius 2 is 1.14 bits per heavy atom. The number of rotatable bonds is 18. The van der Waals surface area contributed by atoms with Crippen LogP contribution in [0.5, 0.6) is 23.0 Å². The lowest BCUT2D eigenvalue weighted by Gasteiger charge is -2.27. The fraction of sp³-hybridized carbons (Fsp3) is 0.471. The Morgan fingerprint density at radius 1 is 0.677 bits per heavy atom. The third kappa shape index (κ3) is 10.4. The van der Waals surface area contributed by atoms with E-state index in [2.05, 4.69) is 37.4 Å². The van der Waals surface area contributed by atoms with Crippen LogP contribution in [0.25, 0.3) is 33.5 Å². The minimum absolute atomic E-state index is 0.344. The quantitative estimate of drug-likeness (QED) is 0.0885. The standard InChI is InChI=1S/C28H37N3O5.C23H29N3O3/c1-8-20-26(30(16-18-12-13-18)27(32)36-28(2,3)4)22-11-9-10-21(31(22)29-20)25-23(34-6)14-19(17-33-5)15-24(25)35-7;1-5-17-23(24-13-15-9-10-15)19-8-6-7-18(26(19)25-17)22-20(28-3)11-16(14-27-2)12-21(22)29-4/h9-11,14-15,18H,8,12-13,16-17H2,1-7H3;6-8,11-12,15,24H,5,9-10,13-14H2,1-4H3. The SMILES string of the molecule is CCc1nn2c(-c3c(OC)cc(COC)cc3OC)cccc2c1N(CC1CC1)C(=O)OC(C)(C)C.CCc1nn2c(-c3c(OC)cc(COC)cc3OC)cccc2c1NCC1CC1. The van der Waals surface area contributed by atoms with Gasteiger partial charge in [0.05, 0.1) is 98.0 Å². The molecule has 0 spiro atoms. The van der Waals surface area contributed by atoms with Gasteiger partial charge in [-0.1, -0.05) is 26.0 Å². The van der Waals surface area contributed by atoms with E-state index in [0.717, 1.165) is 111 Å². The molecule has 0 bridgehead atoms. The van der Waals surface area contributed by atoms with E-state index in [1.165, 1.54) is 12.8 Å². The van der Waals surface area contributed by atoms with Crippen LogP contribution in [0.1, 0.15) is 82.8 Å². The van der Waals surface area contributed by atoms with Crippen LogP contribution in [0.2, 0.25) is 0 Å². The number of hydrogen-bond acceptors (Lipinski definition) is 11. The van der Waals surface area contributed by atoms with E-state index in [1.807, 2.05) is 72.3 Å². The van der Waals surface area contributed by atoms with Crippen LogP contribution in [0.4, 0.5) is 16.2 Å². The lowest BCUT2D eigenvalue weighted by molar-refractivity contribution is 0.0578. The molecule has 0 saturated heterocycles. The van der Waals surface area contributed by atoms with Crippen molar-refractivity contribution in [3.05, 3.63) is 83.2 Å². The third-order valence-electron chi connectivity index (χ3n) is 11.7. The van der Waals surface area contributed by atoms with E-state index in [9.17, 15) is 4.79 Å². The maximum Gasteiger partial charge on any atom is 0.414 e. The van der Waals surface area contributed by atoms with Gasteiger partial charge in [0, 0.05) is 27.3 Å². The van der Waals surface area contributed by atoms with Crippen molar-refractivity contribution in [2.75, 3.05) is 66.0 Å². The van der Waals surface area contributed by atoms with Crippen LogP contribution < -0.4 is 29.2 Å². The molecule has 8 rings (SSSR count). The first kappa shape index (κ1) is 47.0. The maximum atomic E-state index is 13.4. The smallest absolute Gasteiger partial charge is 0.414 e. The third-order valence-corrected chi connectivity index (χ3v) is 11.7. The first-order valence-corrected chi connectivity index (χ1v) is 22.6. The Hall–Kier alpha value is -5.99. The molecule has 0 atom stereocenters. The summed E-state index contributed by atoms with van der Waals surface area (Å²) >= 11 is 0. The van der Waals surface area contributed by atoms with Gasteiger partial charge in [-0.2, -0.15) is 10.2 Å². The molecule has 6 aromatic rings. The number of carbonyl (C=O) groups is 1. The Morgan fingerprint density at radius 3 is 1.57 bits per heavy atom. The van der Waals surface area contributed by atoms with Gasteiger partial charge >= 0.3 is 6.09 Å². The molecule has 14 heteroatoms. The molecule has 2 fully saturated rings. The van der Waals surface area contributed by atoms with E-state index in [1.54, 1.807) is 47.6 Å². The molecule has 14 nitrogen and oxygen atoms in total. The maximum absolute atomic E-state index is 13.4. The molecule has 65 heavy (non-hydrogen) atoms. The molecule has 2 aliphatic carbocycles. The van der Waals surface area contributed by atoms with E-state index in [4.69, 9.17) is 43.4 Å². The largest absolute Gasteiger partial charge is 0.496 e. The van der Waals surface area contributed by atoms with Crippen molar-refractivity contribution in [2.24, 2.45) is 11.8 Å². The minimum atomic E-state index is -0.593. The number of aromatic nitrogens is 4. The van der Waals surface area contributed by atoms with Gasteiger partial charge in [0.1, 0.15) is 28.6 Å². The Balaban J connectivity index is 0.000000198. The number of nitrogens with zero attached hydrogens (tertiary/aromatic N) is 5. The van der Waals surface area contributed by atoms with Crippen molar-refractivity contribution >= 4 is 28.5 Å². The van der Waals surface area contributed by atoms with Crippen LogP contribution >= 0.6 is 0 Å². The Labute approximate surface area is 383 Å². The van der Waals surface area contributed by atoms with Gasteiger partial charge < -0.3 is 38.5 Å². The number of pyridine rings is 2. The highest BCUT2D eigenvalue weighted by molar-refractivity contribution is 5.95. The van der Waals surface area contributed by atoms with Gasteiger partial charge in [-0.25, -0.2) is 13.8 Å². The molecule has 2 aromatic carbocycles. The molecule has 0 aliphatic heterocycles. The molecule has 4 aromatic heterocycles. The van der Waals surface area contributed by atoms with Crippen molar-refractivity contribution in [3.63, 3.8) is 0 Å². The molecular weight excluding hydrogens is 825 g/mol. The van der Waals surface area contributed by atoms with Crippen molar-refractivity contribution < 1.29 is 38.0 Å². The highest BCUT2D eigenvalue weighted by Gasteiger charge is 2.34. The normalized spacial score (nSPS) is 13.6. The summed E-state index contributed by atoms with van der Waals surface area (Å²) < 4.78 is 43.4. The topological polar surface area (TPSA) is 132 Å². The summed E-state index contributed by atoms with van der Waals surface area (Å²) in [6.45, 7) is 12.4. The molecule has 1 N–H and O–H groups in total. The van der Waals surface area contributed by atoms with Crippen molar-refractivity contribution in [2.45, 2.75) is 92.0 Å². The van der Waals surface area contributed by atoms with E-state index < -0.39 is 5.60 Å². The second-order valence-corrected chi connectivity index (χ2v) is 17.7. The van der Waals surface area contributed by atoms with Gasteiger partial charge in [0.15, 0.2) is 0 Å². The van der Waals surface area contributed by atoms with E-state index in [0.29, 0.717) is 43.6 Å². The first-order chi connectivity index (χ1) is 31.4. The van der Waals surface area contributed by atoms with Crippen molar-refractivity contribution in [1.29, 1.82) is 0 Å². The number of amides is 1.